The van der Waals surface area contributed by atoms with Gasteiger partial charge in [-0.1, -0.05) is 80.6 Å². The van der Waals surface area contributed by atoms with Crippen LogP contribution in [0.25, 0.3) is 21.5 Å². The SMILES string of the molecule is CNC1=C(/C=C/C2=[N+](C)c3ccc4ccccc4c3C2(C)C)CCC/C1=C\C=C1\N(C)c2ccc3ccccc3c2C1(C)C.F[P-](F)(F)(F)(F)F. The number of nitrogens with one attached hydrogen (secondary N) is 1. The third-order valence-corrected chi connectivity index (χ3v) is 10.5. The number of hydrogen-bond acceptors (Lipinski definition) is 2. The molecule has 1 N–H and O–H groups in total. The minimum atomic E-state index is -10.7. The standard InChI is InChI=1S/C41H43N3.F6P/c1-40(2)35(43(6)33-23-19-27-13-8-10-17-31(27)37(33)40)25-21-29-15-12-16-30(39(29)42-5)22-26-36-41(3,4)38-32-18-11-9-14-28(32)20-24-34(38)44(36)7;1-7(2,3,4,5)6/h8-11,13-14,17-26H,12,15-16H2,1-7H3;/q;-1/p+1/b29-21+,35-25+;. The molecule has 7 rings (SSSR count). The van der Waals surface area contributed by atoms with Gasteiger partial charge in [-0.15, -0.1) is 0 Å². The molecule has 0 radical (unpaired) electrons. The van der Waals surface area contributed by atoms with E-state index in [4.69, 9.17) is 0 Å². The van der Waals surface area contributed by atoms with Crippen molar-refractivity contribution in [2.75, 3.05) is 26.0 Å². The summed E-state index contributed by atoms with van der Waals surface area (Å²) in [6, 6.07) is 26.7. The molecule has 270 valence electrons. The molecule has 0 saturated heterocycles. The van der Waals surface area contributed by atoms with Crippen LogP contribution in [0, 0.1) is 0 Å². The molecule has 4 aromatic carbocycles. The number of allylic oxidation sites excluding steroid dienone is 7. The molecule has 0 atom stereocenters. The number of nitrogens with zero attached hydrogens (tertiary/aromatic N) is 2. The molecule has 51 heavy (non-hydrogen) atoms. The molecule has 0 aromatic heterocycles. The van der Waals surface area contributed by atoms with E-state index < -0.39 is 7.81 Å². The van der Waals surface area contributed by atoms with E-state index in [0.717, 1.165) is 19.3 Å². The van der Waals surface area contributed by atoms with Crippen LogP contribution in [-0.4, -0.2) is 31.4 Å². The number of halogens is 6. The Bertz CT molecular complexity index is 2230. The molecule has 0 bridgehead atoms. The third-order valence-electron chi connectivity index (χ3n) is 10.5. The van der Waals surface area contributed by atoms with Crippen LogP contribution in [0.4, 0.5) is 36.6 Å². The maximum absolute atomic E-state index is 10.7. The van der Waals surface area contributed by atoms with Crippen molar-refractivity contribution in [2.45, 2.75) is 57.8 Å². The van der Waals surface area contributed by atoms with Gasteiger partial charge in [0.25, 0.3) is 0 Å². The van der Waals surface area contributed by atoms with Crippen molar-refractivity contribution in [1.29, 1.82) is 0 Å². The Morgan fingerprint density at radius 3 is 1.90 bits per heavy atom. The van der Waals surface area contributed by atoms with Crippen molar-refractivity contribution in [3.05, 3.63) is 131 Å². The van der Waals surface area contributed by atoms with Gasteiger partial charge < -0.3 is 10.2 Å². The third kappa shape index (κ3) is 7.23. The average Bonchev–Trinajstić information content (AvgIpc) is 3.37. The van der Waals surface area contributed by atoms with E-state index in [1.54, 1.807) is 0 Å². The van der Waals surface area contributed by atoms with Crippen molar-refractivity contribution in [3.63, 3.8) is 0 Å². The molecule has 3 nitrogen and oxygen atoms in total. The molecule has 0 saturated carbocycles. The summed E-state index contributed by atoms with van der Waals surface area (Å²) in [5, 5.41) is 8.92. The van der Waals surface area contributed by atoms with Crippen molar-refractivity contribution >= 4 is 46.4 Å². The second-order valence-corrected chi connectivity index (χ2v) is 16.6. The summed E-state index contributed by atoms with van der Waals surface area (Å²) in [5.41, 5.74) is 12.0. The molecule has 0 spiro atoms. The monoisotopic (exact) mass is 723 g/mol. The normalized spacial score (nSPS) is 21.2. The Hall–Kier alpha value is -4.36. The van der Waals surface area contributed by atoms with Gasteiger partial charge in [0.05, 0.1) is 5.41 Å². The number of anilines is 1. The molecular weight excluding hydrogens is 679 g/mol. The van der Waals surface area contributed by atoms with Crippen LogP contribution in [0.5, 0.6) is 0 Å². The molecular formula is C41H44F6N3P. The second kappa shape index (κ2) is 11.8. The first-order valence-corrected chi connectivity index (χ1v) is 19.1. The molecule has 0 fully saturated rings. The zero-order chi connectivity index (χ0) is 37.2. The van der Waals surface area contributed by atoms with Crippen LogP contribution in [0.15, 0.2) is 120 Å². The molecule has 4 aromatic rings. The summed E-state index contributed by atoms with van der Waals surface area (Å²) < 4.78 is 61.6. The van der Waals surface area contributed by atoms with Crippen LogP contribution in [0.2, 0.25) is 0 Å². The van der Waals surface area contributed by atoms with Crippen LogP contribution < -0.4 is 10.2 Å². The number of fused-ring (bicyclic) bond motifs is 6. The van der Waals surface area contributed by atoms with E-state index >= 15 is 0 Å². The van der Waals surface area contributed by atoms with Crippen molar-refractivity contribution in [3.8, 4) is 0 Å². The van der Waals surface area contributed by atoms with Crippen LogP contribution in [0.1, 0.15) is 58.1 Å². The van der Waals surface area contributed by atoms with Gasteiger partial charge in [0.15, 0.2) is 5.71 Å². The van der Waals surface area contributed by atoms with E-state index in [-0.39, 0.29) is 10.8 Å². The molecule has 3 aliphatic rings. The van der Waals surface area contributed by atoms with Crippen molar-refractivity contribution < 1.29 is 29.8 Å². The number of rotatable bonds is 4. The van der Waals surface area contributed by atoms with E-state index in [0.29, 0.717) is 0 Å². The van der Waals surface area contributed by atoms with Crippen molar-refractivity contribution in [1.82, 2.24) is 5.32 Å². The van der Waals surface area contributed by atoms with Gasteiger partial charge in [0.1, 0.15) is 7.05 Å². The molecule has 0 amide bonds. The summed E-state index contributed by atoms with van der Waals surface area (Å²) in [7, 11) is -4.15. The molecule has 10 heteroatoms. The molecule has 2 aliphatic heterocycles. The van der Waals surface area contributed by atoms with E-state index in [2.05, 4.69) is 161 Å². The number of benzene rings is 4. The number of likely N-dealkylation sites (N-methyl/N-ethyl adjacent to an activating group) is 2. The molecule has 1 aliphatic carbocycles. The van der Waals surface area contributed by atoms with Gasteiger partial charge in [-0.3, -0.25) is 0 Å². The predicted molar refractivity (Wildman–Crippen MR) is 202 cm³/mol. The first kappa shape index (κ1) is 36.4. The van der Waals surface area contributed by atoms with E-state index in [1.165, 1.54) is 72.3 Å². The fraction of sp³-hybridized carbons (Fsp3) is 0.293. The van der Waals surface area contributed by atoms with E-state index in [1.807, 2.05) is 0 Å². The zero-order valence-corrected chi connectivity index (χ0v) is 30.9. The van der Waals surface area contributed by atoms with Gasteiger partial charge in [0, 0.05) is 54.3 Å². The summed E-state index contributed by atoms with van der Waals surface area (Å²) in [5.74, 6) is 0. The predicted octanol–water partition coefficient (Wildman–Crippen LogP) is 12.8. The number of hydrogen-bond donors (Lipinski definition) is 1. The first-order valence-electron chi connectivity index (χ1n) is 17.1. The van der Waals surface area contributed by atoms with Crippen LogP contribution >= 0.6 is 7.81 Å². The maximum atomic E-state index is 9.87. The Morgan fingerprint density at radius 1 is 0.725 bits per heavy atom. The first-order chi connectivity index (χ1) is 23.6. The van der Waals surface area contributed by atoms with E-state index in [9.17, 15) is 25.2 Å². The topological polar surface area (TPSA) is 18.3 Å². The van der Waals surface area contributed by atoms with Crippen LogP contribution in [-0.2, 0) is 10.8 Å². The van der Waals surface area contributed by atoms with Crippen molar-refractivity contribution in [2.24, 2.45) is 0 Å². The summed E-state index contributed by atoms with van der Waals surface area (Å²) in [6.45, 7) is 9.48. The van der Waals surface area contributed by atoms with Gasteiger partial charge >= 0.3 is 33.0 Å². The molecule has 0 unspecified atom stereocenters. The van der Waals surface area contributed by atoms with Gasteiger partial charge in [0.2, 0.25) is 5.69 Å². The zero-order valence-electron chi connectivity index (χ0n) is 30.0. The Kier molecular flexibility index (Phi) is 8.46. The van der Waals surface area contributed by atoms with Gasteiger partial charge in [-0.25, -0.2) is 0 Å². The summed E-state index contributed by atoms with van der Waals surface area (Å²) in [6.07, 6.45) is 12.8. The Balaban J connectivity index is 0.000000582. The summed E-state index contributed by atoms with van der Waals surface area (Å²) >= 11 is 0. The summed E-state index contributed by atoms with van der Waals surface area (Å²) in [4.78, 5) is 2.39. The quantitative estimate of drug-likeness (QED) is 0.128. The fourth-order valence-electron chi connectivity index (χ4n) is 8.33. The second-order valence-electron chi connectivity index (χ2n) is 14.7. The van der Waals surface area contributed by atoms with Gasteiger partial charge in [-0.2, -0.15) is 4.58 Å². The van der Waals surface area contributed by atoms with Gasteiger partial charge in [-0.05, 0) is 89.6 Å². The molecule has 2 heterocycles. The Labute approximate surface area is 295 Å². The fourth-order valence-corrected chi connectivity index (χ4v) is 8.33. The van der Waals surface area contributed by atoms with Crippen LogP contribution in [0.3, 0.4) is 0 Å². The Morgan fingerprint density at radius 2 is 1.29 bits per heavy atom. The average molecular weight is 724 g/mol. The minimum absolute atomic E-state index is 0.0859.